The maximum atomic E-state index is 13.5. The smallest absolute Gasteiger partial charge is 0.336 e. The number of hydrogen-bond acceptors (Lipinski definition) is 5. The first-order valence-electron chi connectivity index (χ1n) is 9.70. The monoisotopic (exact) mass is 450 g/mol. The highest BCUT2D eigenvalue weighted by Crippen LogP contribution is 2.30. The molecule has 1 heterocycles. The number of ketones is 1. The van der Waals surface area contributed by atoms with Crippen molar-refractivity contribution in [3.8, 4) is 17.2 Å². The van der Waals surface area contributed by atoms with Crippen LogP contribution in [-0.4, -0.2) is 29.1 Å². The number of benzene rings is 3. The predicted molar refractivity (Wildman–Crippen MR) is 123 cm³/mol. The Morgan fingerprint density at radius 3 is 2.16 bits per heavy atom. The largest absolute Gasteiger partial charge is 0.493 e. The van der Waals surface area contributed by atoms with Crippen LogP contribution in [0.3, 0.4) is 0 Å². The lowest BCUT2D eigenvalue weighted by molar-refractivity contribution is 0.0971. The Hall–Kier alpha value is -3.84. The van der Waals surface area contributed by atoms with Crippen molar-refractivity contribution in [2.45, 2.75) is 6.54 Å². The number of methoxy groups -OCH3 is 2. The summed E-state index contributed by atoms with van der Waals surface area (Å²) in [7, 11) is 2.91. The maximum absolute atomic E-state index is 13.5. The minimum Gasteiger partial charge on any atom is -0.493 e. The first-order valence-corrected chi connectivity index (χ1v) is 10.1. The SMILES string of the molecule is COc1cc2c(=O)n(-c3ccc(Cl)cc3)c(=O)n(CC(=O)c3ccccc3)c2cc1OC. The molecule has 7 nitrogen and oxygen atoms in total. The fourth-order valence-corrected chi connectivity index (χ4v) is 3.65. The molecule has 0 aliphatic rings. The summed E-state index contributed by atoms with van der Waals surface area (Å²) >= 11 is 5.97. The van der Waals surface area contributed by atoms with E-state index < -0.39 is 11.2 Å². The molecule has 0 amide bonds. The second-order valence-electron chi connectivity index (χ2n) is 7.00. The van der Waals surface area contributed by atoms with Gasteiger partial charge in [-0.25, -0.2) is 9.36 Å². The third-order valence-corrected chi connectivity index (χ3v) is 5.38. The molecule has 32 heavy (non-hydrogen) atoms. The number of ether oxygens (including phenoxy) is 2. The summed E-state index contributed by atoms with van der Waals surface area (Å²) in [5.74, 6) is 0.397. The van der Waals surface area contributed by atoms with Gasteiger partial charge in [0.05, 0.1) is 37.4 Å². The zero-order valence-electron chi connectivity index (χ0n) is 17.4. The lowest BCUT2D eigenvalue weighted by Gasteiger charge is -2.16. The van der Waals surface area contributed by atoms with E-state index in [1.807, 2.05) is 0 Å². The van der Waals surface area contributed by atoms with Crippen LogP contribution >= 0.6 is 11.6 Å². The summed E-state index contributed by atoms with van der Waals surface area (Å²) in [5, 5.41) is 0.673. The molecule has 1 aromatic heterocycles. The Morgan fingerprint density at radius 2 is 1.53 bits per heavy atom. The highest BCUT2D eigenvalue weighted by Gasteiger charge is 2.20. The van der Waals surface area contributed by atoms with E-state index in [1.165, 1.54) is 30.9 Å². The first-order chi connectivity index (χ1) is 15.4. The molecule has 0 bridgehead atoms. The minimum absolute atomic E-state index is 0.207. The van der Waals surface area contributed by atoms with Gasteiger partial charge in [-0.3, -0.25) is 14.2 Å². The summed E-state index contributed by atoms with van der Waals surface area (Å²) < 4.78 is 13.0. The van der Waals surface area contributed by atoms with Crippen LogP contribution in [0, 0.1) is 0 Å². The van der Waals surface area contributed by atoms with Crippen molar-refractivity contribution in [1.82, 2.24) is 9.13 Å². The van der Waals surface area contributed by atoms with Crippen molar-refractivity contribution >= 4 is 28.3 Å². The molecule has 162 valence electrons. The van der Waals surface area contributed by atoms with E-state index in [2.05, 4.69) is 0 Å². The van der Waals surface area contributed by atoms with Gasteiger partial charge in [0.2, 0.25) is 0 Å². The van der Waals surface area contributed by atoms with Gasteiger partial charge >= 0.3 is 5.69 Å². The molecular weight excluding hydrogens is 432 g/mol. The maximum Gasteiger partial charge on any atom is 0.336 e. The average Bonchev–Trinajstić information content (AvgIpc) is 2.82. The van der Waals surface area contributed by atoms with E-state index in [1.54, 1.807) is 54.6 Å². The Bertz CT molecular complexity index is 1420. The highest BCUT2D eigenvalue weighted by atomic mass is 35.5. The Balaban J connectivity index is 2.03. The van der Waals surface area contributed by atoms with Crippen LogP contribution in [0.25, 0.3) is 16.6 Å². The van der Waals surface area contributed by atoms with Gasteiger partial charge in [0.25, 0.3) is 5.56 Å². The fraction of sp³-hybridized carbons (Fsp3) is 0.125. The van der Waals surface area contributed by atoms with Crippen molar-refractivity contribution < 1.29 is 14.3 Å². The van der Waals surface area contributed by atoms with Gasteiger partial charge in [0, 0.05) is 16.7 Å². The summed E-state index contributed by atoms with van der Waals surface area (Å²) in [6.07, 6.45) is 0. The van der Waals surface area contributed by atoms with Crippen LogP contribution in [-0.2, 0) is 6.54 Å². The molecule has 0 atom stereocenters. The molecule has 0 aliphatic carbocycles. The molecule has 0 fully saturated rings. The average molecular weight is 451 g/mol. The number of fused-ring (bicyclic) bond motifs is 1. The molecule has 0 saturated heterocycles. The molecule has 4 rings (SSSR count). The van der Waals surface area contributed by atoms with Gasteiger partial charge in [-0.05, 0) is 30.3 Å². The van der Waals surface area contributed by atoms with Crippen LogP contribution in [0.2, 0.25) is 5.02 Å². The molecule has 0 unspecified atom stereocenters. The minimum atomic E-state index is -0.652. The second kappa shape index (κ2) is 8.72. The van der Waals surface area contributed by atoms with Crippen LogP contribution in [0.1, 0.15) is 10.4 Å². The van der Waals surface area contributed by atoms with Gasteiger partial charge in [0.15, 0.2) is 17.3 Å². The van der Waals surface area contributed by atoms with Gasteiger partial charge < -0.3 is 9.47 Å². The lowest BCUT2D eigenvalue weighted by Crippen LogP contribution is -2.40. The third-order valence-electron chi connectivity index (χ3n) is 5.13. The topological polar surface area (TPSA) is 79.5 Å². The number of halogens is 1. The number of Topliss-reactive ketones (excluding diaryl/α,β-unsaturated/α-hetero) is 1. The molecule has 0 spiro atoms. The van der Waals surface area contributed by atoms with Crippen molar-refractivity contribution in [2.24, 2.45) is 0 Å². The molecule has 3 aromatic carbocycles. The van der Waals surface area contributed by atoms with Gasteiger partial charge in [-0.15, -0.1) is 0 Å². The number of aromatic nitrogens is 2. The van der Waals surface area contributed by atoms with E-state index >= 15 is 0 Å². The normalized spacial score (nSPS) is 10.8. The Labute approximate surface area is 188 Å². The quantitative estimate of drug-likeness (QED) is 0.418. The van der Waals surface area contributed by atoms with E-state index in [9.17, 15) is 14.4 Å². The van der Waals surface area contributed by atoms with E-state index in [4.69, 9.17) is 21.1 Å². The van der Waals surface area contributed by atoms with Crippen molar-refractivity contribution in [1.29, 1.82) is 0 Å². The lowest BCUT2D eigenvalue weighted by atomic mass is 10.1. The number of hydrogen-bond donors (Lipinski definition) is 0. The summed E-state index contributed by atoms with van der Waals surface area (Å²) in [5.41, 5.74) is -0.135. The van der Waals surface area contributed by atoms with Gasteiger partial charge in [0.1, 0.15) is 0 Å². The summed E-state index contributed by atoms with van der Waals surface area (Å²) in [6, 6.07) is 18.0. The second-order valence-corrected chi connectivity index (χ2v) is 7.44. The Morgan fingerprint density at radius 1 is 0.906 bits per heavy atom. The molecular formula is C24H19ClN2O5. The molecule has 0 N–H and O–H groups in total. The van der Waals surface area contributed by atoms with Crippen molar-refractivity contribution in [3.63, 3.8) is 0 Å². The third kappa shape index (κ3) is 3.78. The highest BCUT2D eigenvalue weighted by molar-refractivity contribution is 6.30. The molecule has 4 aromatic rings. The van der Waals surface area contributed by atoms with Crippen molar-refractivity contribution in [2.75, 3.05) is 14.2 Å². The molecule has 0 aliphatic heterocycles. The summed E-state index contributed by atoms with van der Waals surface area (Å²) in [4.78, 5) is 39.8. The van der Waals surface area contributed by atoms with Crippen LogP contribution < -0.4 is 20.7 Å². The fourth-order valence-electron chi connectivity index (χ4n) is 3.52. The van der Waals surface area contributed by atoms with Gasteiger partial charge in [-0.2, -0.15) is 0 Å². The number of nitrogens with zero attached hydrogens (tertiary/aromatic N) is 2. The van der Waals surface area contributed by atoms with Crippen molar-refractivity contribution in [3.05, 3.63) is 98.2 Å². The first kappa shape index (κ1) is 21.4. The Kier molecular flexibility index (Phi) is 5.83. The van der Waals surface area contributed by atoms with E-state index in [0.29, 0.717) is 27.8 Å². The molecule has 8 heteroatoms. The van der Waals surface area contributed by atoms with Crippen LogP contribution in [0.4, 0.5) is 0 Å². The molecule has 0 radical (unpaired) electrons. The zero-order valence-corrected chi connectivity index (χ0v) is 18.1. The number of rotatable bonds is 6. The van der Waals surface area contributed by atoms with Crippen LogP contribution in [0.15, 0.2) is 76.3 Å². The standard InChI is InChI=1S/C24H19ClN2O5/c1-31-21-12-18-19(13-22(21)32-2)26(14-20(28)15-6-4-3-5-7-15)24(30)27(23(18)29)17-10-8-16(25)9-11-17/h3-13H,14H2,1-2H3. The van der Waals surface area contributed by atoms with Gasteiger partial charge in [-0.1, -0.05) is 41.9 Å². The van der Waals surface area contributed by atoms with Crippen LogP contribution in [0.5, 0.6) is 11.5 Å². The summed E-state index contributed by atoms with van der Waals surface area (Å²) in [6.45, 7) is -0.261. The molecule has 0 saturated carbocycles. The predicted octanol–water partition coefficient (Wildman–Crippen LogP) is 3.71. The zero-order chi connectivity index (χ0) is 22.8. The van der Waals surface area contributed by atoms with E-state index in [-0.39, 0.29) is 23.2 Å². The number of carbonyl (C=O) groups is 1. The van der Waals surface area contributed by atoms with E-state index in [0.717, 1.165) is 4.57 Å². The number of carbonyl (C=O) groups excluding carboxylic acids is 1.